The Kier molecular flexibility index (Phi) is 5.16. The molecule has 0 unspecified atom stereocenters. The Balaban J connectivity index is 1.52. The number of nitrogens with zero attached hydrogens (tertiary/aromatic N) is 3. The van der Waals surface area contributed by atoms with Crippen molar-refractivity contribution in [3.63, 3.8) is 0 Å². The van der Waals surface area contributed by atoms with Crippen LogP contribution in [0.5, 0.6) is 0 Å². The molecular weight excluding hydrogens is 356 g/mol. The molecule has 2 aromatic carbocycles. The molecule has 1 amide bonds. The summed E-state index contributed by atoms with van der Waals surface area (Å²) in [5, 5.41) is 4.00. The van der Waals surface area contributed by atoms with Gasteiger partial charge in [-0.05, 0) is 55.5 Å². The molecule has 1 saturated heterocycles. The molecule has 0 radical (unpaired) electrons. The first-order chi connectivity index (χ1) is 13.3. The van der Waals surface area contributed by atoms with Crippen LogP contribution in [0, 0.1) is 0 Å². The Morgan fingerprint density at radius 1 is 1.07 bits per heavy atom. The van der Waals surface area contributed by atoms with E-state index in [-0.39, 0.29) is 5.91 Å². The number of hydrogen-bond donors (Lipinski definition) is 1. The van der Waals surface area contributed by atoms with Crippen LogP contribution < -0.4 is 10.2 Å². The Labute approximate surface area is 163 Å². The van der Waals surface area contributed by atoms with E-state index in [1.807, 2.05) is 59.5 Å². The molecule has 2 heterocycles. The maximum atomic E-state index is 12.7. The van der Waals surface area contributed by atoms with Crippen LogP contribution in [0.4, 0.5) is 11.4 Å². The van der Waals surface area contributed by atoms with E-state index in [9.17, 15) is 4.79 Å². The van der Waals surface area contributed by atoms with Gasteiger partial charge in [-0.1, -0.05) is 23.9 Å². The highest BCUT2D eigenvalue weighted by atomic mass is 32.2. The van der Waals surface area contributed by atoms with Crippen LogP contribution in [-0.4, -0.2) is 34.8 Å². The predicted molar refractivity (Wildman–Crippen MR) is 111 cm³/mol. The van der Waals surface area contributed by atoms with Gasteiger partial charge >= 0.3 is 0 Å². The zero-order valence-corrected chi connectivity index (χ0v) is 16.1. The van der Waals surface area contributed by atoms with Gasteiger partial charge in [-0.2, -0.15) is 0 Å². The van der Waals surface area contributed by atoms with Crippen molar-refractivity contribution in [1.82, 2.24) is 9.55 Å². The summed E-state index contributed by atoms with van der Waals surface area (Å²) in [6.45, 7) is 2.09. The number of benzene rings is 2. The number of nitrogens with one attached hydrogen (secondary N) is 1. The minimum Gasteiger partial charge on any atom is -0.370 e. The third-order valence-electron chi connectivity index (χ3n) is 4.80. The molecule has 6 heteroatoms. The highest BCUT2D eigenvalue weighted by Gasteiger charge is 2.17. The van der Waals surface area contributed by atoms with E-state index in [4.69, 9.17) is 0 Å². The number of imidazole rings is 1. The van der Waals surface area contributed by atoms with Crippen molar-refractivity contribution in [2.75, 3.05) is 29.6 Å². The molecule has 0 bridgehead atoms. The van der Waals surface area contributed by atoms with Crippen LogP contribution in [0.1, 0.15) is 23.2 Å². The second kappa shape index (κ2) is 7.88. The van der Waals surface area contributed by atoms with Crippen LogP contribution in [-0.2, 0) is 0 Å². The van der Waals surface area contributed by atoms with Gasteiger partial charge in [0.1, 0.15) is 0 Å². The third-order valence-corrected chi connectivity index (χ3v) is 5.46. The standard InChI is InChI=1S/C21H22N4OS/c1-27-21-22-12-15-25(21)17-10-8-16(9-11-17)20(26)23-18-6-2-3-7-19(18)24-13-4-5-14-24/h2-3,6-12,15H,4-5,13-14H2,1H3,(H,23,26). The van der Waals surface area contributed by atoms with Crippen molar-refractivity contribution in [2.24, 2.45) is 0 Å². The van der Waals surface area contributed by atoms with Gasteiger partial charge in [-0.3, -0.25) is 9.36 Å². The zero-order chi connectivity index (χ0) is 18.6. The molecule has 1 fully saturated rings. The first kappa shape index (κ1) is 17.7. The fraction of sp³-hybridized carbons (Fsp3) is 0.238. The number of aromatic nitrogens is 2. The van der Waals surface area contributed by atoms with Crippen LogP contribution in [0.2, 0.25) is 0 Å². The second-order valence-corrected chi connectivity index (χ2v) is 7.27. The van der Waals surface area contributed by atoms with Gasteiger partial charge in [0.15, 0.2) is 5.16 Å². The van der Waals surface area contributed by atoms with Crippen molar-refractivity contribution in [3.8, 4) is 5.69 Å². The summed E-state index contributed by atoms with van der Waals surface area (Å²) in [4.78, 5) is 19.4. The minimum absolute atomic E-state index is 0.0936. The Morgan fingerprint density at radius 2 is 1.81 bits per heavy atom. The number of hydrogen-bond acceptors (Lipinski definition) is 4. The van der Waals surface area contributed by atoms with Crippen molar-refractivity contribution in [3.05, 3.63) is 66.5 Å². The first-order valence-corrected chi connectivity index (χ1v) is 10.3. The highest BCUT2D eigenvalue weighted by Crippen LogP contribution is 2.29. The molecule has 1 aliphatic heterocycles. The van der Waals surface area contributed by atoms with Crippen LogP contribution in [0.3, 0.4) is 0 Å². The topological polar surface area (TPSA) is 50.2 Å². The summed E-state index contributed by atoms with van der Waals surface area (Å²) in [5.41, 5.74) is 3.60. The molecule has 27 heavy (non-hydrogen) atoms. The molecule has 0 saturated carbocycles. The monoisotopic (exact) mass is 378 g/mol. The summed E-state index contributed by atoms with van der Waals surface area (Å²) in [5.74, 6) is -0.0936. The van der Waals surface area contributed by atoms with Crippen molar-refractivity contribution >= 4 is 29.0 Å². The summed E-state index contributed by atoms with van der Waals surface area (Å²) in [7, 11) is 0. The largest absolute Gasteiger partial charge is 0.370 e. The van der Waals surface area contributed by atoms with E-state index in [1.165, 1.54) is 12.8 Å². The lowest BCUT2D eigenvalue weighted by molar-refractivity contribution is 0.102. The van der Waals surface area contributed by atoms with Gasteiger partial charge < -0.3 is 10.2 Å². The summed E-state index contributed by atoms with van der Waals surface area (Å²) in [6.07, 6.45) is 8.11. The molecule has 1 aliphatic rings. The van der Waals surface area contributed by atoms with Crippen LogP contribution in [0.15, 0.2) is 66.1 Å². The number of thioether (sulfide) groups is 1. The molecule has 4 rings (SSSR count). The smallest absolute Gasteiger partial charge is 0.255 e. The second-order valence-electron chi connectivity index (χ2n) is 6.50. The lowest BCUT2D eigenvalue weighted by Gasteiger charge is -2.21. The minimum atomic E-state index is -0.0936. The Bertz CT molecular complexity index is 929. The average Bonchev–Trinajstić information content (AvgIpc) is 3.40. The third kappa shape index (κ3) is 3.71. The van der Waals surface area contributed by atoms with E-state index in [0.29, 0.717) is 5.56 Å². The molecule has 0 aliphatic carbocycles. The maximum absolute atomic E-state index is 12.7. The van der Waals surface area contributed by atoms with Crippen LogP contribution in [0.25, 0.3) is 5.69 Å². The van der Waals surface area contributed by atoms with Gasteiger partial charge in [0, 0.05) is 36.7 Å². The van der Waals surface area contributed by atoms with Gasteiger partial charge in [0.25, 0.3) is 5.91 Å². The van der Waals surface area contributed by atoms with Crippen molar-refractivity contribution in [2.45, 2.75) is 18.0 Å². The Hall–Kier alpha value is -2.73. The Morgan fingerprint density at radius 3 is 2.56 bits per heavy atom. The molecule has 1 N–H and O–H groups in total. The van der Waals surface area contributed by atoms with Gasteiger partial charge in [-0.25, -0.2) is 4.98 Å². The first-order valence-electron chi connectivity index (χ1n) is 9.09. The van der Waals surface area contributed by atoms with Gasteiger partial charge in [-0.15, -0.1) is 0 Å². The van der Waals surface area contributed by atoms with E-state index in [1.54, 1.807) is 18.0 Å². The predicted octanol–water partition coefficient (Wildman–Crippen LogP) is 4.45. The molecule has 3 aromatic rings. The summed E-state index contributed by atoms with van der Waals surface area (Å²) < 4.78 is 2.01. The lowest BCUT2D eigenvalue weighted by atomic mass is 10.1. The number of amides is 1. The fourth-order valence-electron chi connectivity index (χ4n) is 3.42. The average molecular weight is 379 g/mol. The highest BCUT2D eigenvalue weighted by molar-refractivity contribution is 7.98. The number of carbonyl (C=O) groups is 1. The van der Waals surface area contributed by atoms with Crippen molar-refractivity contribution in [1.29, 1.82) is 0 Å². The quantitative estimate of drug-likeness (QED) is 0.667. The molecule has 1 aromatic heterocycles. The van der Waals surface area contributed by atoms with E-state index >= 15 is 0 Å². The van der Waals surface area contributed by atoms with Gasteiger partial charge in [0.2, 0.25) is 0 Å². The molecular formula is C21H22N4OS. The normalized spacial score (nSPS) is 13.7. The summed E-state index contributed by atoms with van der Waals surface area (Å²) in [6, 6.07) is 15.6. The van der Waals surface area contributed by atoms with E-state index in [0.717, 1.165) is 35.3 Å². The number of carbonyl (C=O) groups excluding carboxylic acids is 1. The number of rotatable bonds is 5. The fourth-order valence-corrected chi connectivity index (χ4v) is 3.95. The number of anilines is 2. The molecule has 138 valence electrons. The van der Waals surface area contributed by atoms with E-state index < -0.39 is 0 Å². The van der Waals surface area contributed by atoms with Gasteiger partial charge in [0.05, 0.1) is 11.4 Å². The van der Waals surface area contributed by atoms with Crippen LogP contribution >= 0.6 is 11.8 Å². The maximum Gasteiger partial charge on any atom is 0.255 e. The zero-order valence-electron chi connectivity index (χ0n) is 15.3. The lowest BCUT2D eigenvalue weighted by Crippen LogP contribution is -2.21. The summed E-state index contributed by atoms with van der Waals surface area (Å²) >= 11 is 1.59. The molecule has 5 nitrogen and oxygen atoms in total. The van der Waals surface area contributed by atoms with Crippen molar-refractivity contribution < 1.29 is 4.79 Å². The SMILES string of the molecule is CSc1nccn1-c1ccc(C(=O)Nc2ccccc2N2CCCC2)cc1. The number of para-hydroxylation sites is 2. The molecule has 0 atom stereocenters. The van der Waals surface area contributed by atoms with E-state index in [2.05, 4.69) is 21.3 Å². The molecule has 0 spiro atoms.